The SMILES string of the molecule is C=C(CCCCCCCC1C=CC(CCCCCC)CC1)Oc1ccc(C)cc1. The Hall–Kier alpha value is -1.50. The van der Waals surface area contributed by atoms with Gasteiger partial charge in [0, 0.05) is 6.42 Å². The van der Waals surface area contributed by atoms with Crippen molar-refractivity contribution in [1.29, 1.82) is 0 Å². The predicted octanol–water partition coefficient (Wildman–Crippen LogP) is 9.17. The maximum absolute atomic E-state index is 5.82. The zero-order valence-corrected chi connectivity index (χ0v) is 19.1. The molecular weight excluding hydrogens is 352 g/mol. The maximum Gasteiger partial charge on any atom is 0.126 e. The van der Waals surface area contributed by atoms with Crippen LogP contribution >= 0.6 is 0 Å². The van der Waals surface area contributed by atoms with Crippen LogP contribution in [0.15, 0.2) is 48.8 Å². The number of allylic oxidation sites excluding steroid dienone is 3. The lowest BCUT2D eigenvalue weighted by atomic mass is 9.83. The molecular formula is C28H44O. The Labute approximate surface area is 180 Å². The first-order chi connectivity index (χ1) is 14.2. The molecule has 0 amide bonds. The second-order valence-electron chi connectivity index (χ2n) is 9.09. The third-order valence-corrected chi connectivity index (χ3v) is 6.31. The van der Waals surface area contributed by atoms with Gasteiger partial charge in [0.25, 0.3) is 0 Å². The second kappa shape index (κ2) is 14.5. The van der Waals surface area contributed by atoms with Crippen molar-refractivity contribution in [3.05, 3.63) is 54.3 Å². The van der Waals surface area contributed by atoms with Crippen LogP contribution in [-0.2, 0) is 0 Å². The quantitative estimate of drug-likeness (QED) is 0.163. The molecule has 0 aromatic heterocycles. The van der Waals surface area contributed by atoms with Crippen LogP contribution in [0.1, 0.15) is 102 Å². The minimum absolute atomic E-state index is 0.851. The monoisotopic (exact) mass is 396 g/mol. The lowest BCUT2D eigenvalue weighted by molar-refractivity contribution is 0.391. The van der Waals surface area contributed by atoms with Gasteiger partial charge in [0.1, 0.15) is 5.75 Å². The van der Waals surface area contributed by atoms with Crippen molar-refractivity contribution in [2.75, 3.05) is 0 Å². The molecule has 0 fully saturated rings. The summed E-state index contributed by atoms with van der Waals surface area (Å²) in [6.45, 7) is 8.46. The Bertz CT molecular complexity index is 583. The Morgan fingerprint density at radius 2 is 1.38 bits per heavy atom. The van der Waals surface area contributed by atoms with Crippen molar-refractivity contribution < 1.29 is 4.74 Å². The average Bonchev–Trinajstić information content (AvgIpc) is 2.73. The van der Waals surface area contributed by atoms with E-state index in [1.807, 2.05) is 12.1 Å². The summed E-state index contributed by atoms with van der Waals surface area (Å²) in [6.07, 6.45) is 23.9. The molecule has 29 heavy (non-hydrogen) atoms. The van der Waals surface area contributed by atoms with E-state index in [0.29, 0.717) is 0 Å². The van der Waals surface area contributed by atoms with Gasteiger partial charge in [0.15, 0.2) is 0 Å². The number of rotatable bonds is 15. The highest BCUT2D eigenvalue weighted by atomic mass is 16.5. The third-order valence-electron chi connectivity index (χ3n) is 6.31. The standard InChI is InChI=1S/C28H44O/c1-4-5-6-11-14-26-18-20-27(21-19-26)15-12-9-7-8-10-13-25(3)29-28-22-16-24(2)17-23-28/h16-18,20,22-23,26-27H,3-15,19,21H2,1-2H3. The number of hydrogen-bond donors (Lipinski definition) is 0. The van der Waals surface area contributed by atoms with Crippen LogP contribution in [0.4, 0.5) is 0 Å². The van der Waals surface area contributed by atoms with Gasteiger partial charge in [-0.1, -0.05) is 94.7 Å². The second-order valence-corrected chi connectivity index (χ2v) is 9.09. The van der Waals surface area contributed by atoms with E-state index < -0.39 is 0 Å². The van der Waals surface area contributed by atoms with Gasteiger partial charge in [-0.2, -0.15) is 0 Å². The Morgan fingerprint density at radius 1 is 0.828 bits per heavy atom. The summed E-state index contributed by atoms with van der Waals surface area (Å²) >= 11 is 0. The summed E-state index contributed by atoms with van der Waals surface area (Å²) in [5.41, 5.74) is 1.26. The molecule has 1 aromatic rings. The molecule has 1 aliphatic carbocycles. The van der Waals surface area contributed by atoms with E-state index in [-0.39, 0.29) is 0 Å². The topological polar surface area (TPSA) is 9.23 Å². The Balaban J connectivity index is 1.44. The van der Waals surface area contributed by atoms with Crippen LogP contribution in [0, 0.1) is 18.8 Å². The predicted molar refractivity (Wildman–Crippen MR) is 127 cm³/mol. The van der Waals surface area contributed by atoms with Crippen LogP contribution < -0.4 is 4.74 Å². The highest BCUT2D eigenvalue weighted by Gasteiger charge is 2.15. The van der Waals surface area contributed by atoms with E-state index >= 15 is 0 Å². The van der Waals surface area contributed by atoms with Gasteiger partial charge in [0.05, 0.1) is 5.76 Å². The largest absolute Gasteiger partial charge is 0.462 e. The fourth-order valence-electron chi connectivity index (χ4n) is 4.33. The minimum Gasteiger partial charge on any atom is -0.462 e. The fraction of sp³-hybridized carbons (Fsp3) is 0.643. The van der Waals surface area contributed by atoms with E-state index in [1.165, 1.54) is 89.0 Å². The highest BCUT2D eigenvalue weighted by molar-refractivity contribution is 5.27. The van der Waals surface area contributed by atoms with Crippen molar-refractivity contribution in [1.82, 2.24) is 0 Å². The molecule has 0 aliphatic heterocycles. The molecule has 162 valence electrons. The van der Waals surface area contributed by atoms with Crippen LogP contribution in [0.5, 0.6) is 5.75 Å². The molecule has 0 N–H and O–H groups in total. The normalized spacial score (nSPS) is 18.7. The molecule has 0 saturated carbocycles. The minimum atomic E-state index is 0.851. The van der Waals surface area contributed by atoms with E-state index in [1.54, 1.807) is 0 Å². The summed E-state index contributed by atoms with van der Waals surface area (Å²) in [6, 6.07) is 8.21. The fourth-order valence-corrected chi connectivity index (χ4v) is 4.33. The molecule has 1 aliphatic rings. The van der Waals surface area contributed by atoms with E-state index in [0.717, 1.165) is 29.8 Å². The first kappa shape index (κ1) is 23.8. The van der Waals surface area contributed by atoms with Gasteiger partial charge in [-0.15, -0.1) is 0 Å². The smallest absolute Gasteiger partial charge is 0.126 e. The first-order valence-electron chi connectivity index (χ1n) is 12.3. The molecule has 1 heteroatoms. The molecule has 0 heterocycles. The van der Waals surface area contributed by atoms with Gasteiger partial charge in [0.2, 0.25) is 0 Å². The van der Waals surface area contributed by atoms with Crippen molar-refractivity contribution in [2.24, 2.45) is 11.8 Å². The summed E-state index contributed by atoms with van der Waals surface area (Å²) in [7, 11) is 0. The lowest BCUT2D eigenvalue weighted by Crippen LogP contribution is -2.08. The molecule has 1 aromatic carbocycles. The molecule has 0 radical (unpaired) electrons. The molecule has 2 unspecified atom stereocenters. The average molecular weight is 397 g/mol. The summed E-state index contributed by atoms with van der Waals surface area (Å²) in [4.78, 5) is 0. The van der Waals surface area contributed by atoms with Gasteiger partial charge in [-0.25, -0.2) is 0 Å². The van der Waals surface area contributed by atoms with Crippen LogP contribution in [0.25, 0.3) is 0 Å². The Morgan fingerprint density at radius 3 is 1.97 bits per heavy atom. The van der Waals surface area contributed by atoms with Crippen LogP contribution in [0.3, 0.4) is 0 Å². The molecule has 2 atom stereocenters. The van der Waals surface area contributed by atoms with Crippen LogP contribution in [-0.4, -0.2) is 0 Å². The number of ether oxygens (including phenoxy) is 1. The van der Waals surface area contributed by atoms with Crippen molar-refractivity contribution in [2.45, 2.75) is 104 Å². The number of hydrogen-bond acceptors (Lipinski definition) is 1. The molecule has 0 bridgehead atoms. The van der Waals surface area contributed by atoms with Gasteiger partial charge >= 0.3 is 0 Å². The van der Waals surface area contributed by atoms with E-state index in [4.69, 9.17) is 4.74 Å². The van der Waals surface area contributed by atoms with Gasteiger partial charge < -0.3 is 4.74 Å². The molecule has 0 spiro atoms. The summed E-state index contributed by atoms with van der Waals surface area (Å²) in [5, 5.41) is 0. The lowest BCUT2D eigenvalue weighted by Gasteiger charge is -2.22. The first-order valence-corrected chi connectivity index (χ1v) is 12.3. The van der Waals surface area contributed by atoms with Crippen LogP contribution in [0.2, 0.25) is 0 Å². The summed E-state index contributed by atoms with van der Waals surface area (Å²) in [5.74, 6) is 3.53. The number of aryl methyl sites for hydroxylation is 1. The molecule has 2 rings (SSSR count). The number of benzene rings is 1. The zero-order chi connectivity index (χ0) is 20.7. The third kappa shape index (κ3) is 10.7. The van der Waals surface area contributed by atoms with Crippen molar-refractivity contribution >= 4 is 0 Å². The summed E-state index contributed by atoms with van der Waals surface area (Å²) < 4.78 is 5.82. The zero-order valence-electron chi connectivity index (χ0n) is 19.1. The van der Waals surface area contributed by atoms with E-state index in [2.05, 4.69) is 44.7 Å². The van der Waals surface area contributed by atoms with Crippen molar-refractivity contribution in [3.63, 3.8) is 0 Å². The maximum atomic E-state index is 5.82. The van der Waals surface area contributed by atoms with E-state index in [9.17, 15) is 0 Å². The van der Waals surface area contributed by atoms with Crippen molar-refractivity contribution in [3.8, 4) is 5.75 Å². The molecule has 1 nitrogen and oxygen atoms in total. The highest BCUT2D eigenvalue weighted by Crippen LogP contribution is 2.29. The molecule has 0 saturated heterocycles. The Kier molecular flexibility index (Phi) is 11.9. The van der Waals surface area contributed by atoms with Gasteiger partial charge in [-0.3, -0.25) is 0 Å². The number of unbranched alkanes of at least 4 members (excludes halogenated alkanes) is 7. The van der Waals surface area contributed by atoms with Gasteiger partial charge in [-0.05, 0) is 63.0 Å².